The van der Waals surface area contributed by atoms with Crippen LogP contribution in [0.5, 0.6) is 5.75 Å². The van der Waals surface area contributed by atoms with Crippen molar-refractivity contribution in [3.8, 4) is 5.75 Å². The molecule has 2 fully saturated rings. The fourth-order valence-corrected chi connectivity index (χ4v) is 11.0. The van der Waals surface area contributed by atoms with Gasteiger partial charge in [0.05, 0.1) is 37.0 Å². The number of rotatable bonds is 16. The van der Waals surface area contributed by atoms with E-state index in [1.807, 2.05) is 63.4 Å². The molecule has 1 amide bonds. The fraction of sp³-hybridized carbons (Fsp3) is 0.500. The van der Waals surface area contributed by atoms with E-state index in [4.69, 9.17) is 42.6 Å². The predicted octanol–water partition coefficient (Wildman–Crippen LogP) is 10.1. The number of Topliss-reactive ketones (excluding diaryl/α,β-unsaturated/α-hetero) is 1. The van der Waals surface area contributed by atoms with Gasteiger partial charge in [-0.15, -0.1) is 11.8 Å². The van der Waals surface area contributed by atoms with Gasteiger partial charge in [-0.1, -0.05) is 69.8 Å². The maximum absolute atomic E-state index is 15.8. The number of H-pyrrole nitrogens is 1. The Bertz CT molecular complexity index is 2490. The average molecular weight is 928 g/mol. The molecule has 0 radical (unpaired) electrons. The minimum atomic E-state index is -2.14. The van der Waals surface area contributed by atoms with Gasteiger partial charge in [0.25, 0.3) is 0 Å². The monoisotopic (exact) mass is 927 g/mol. The third-order valence-electron chi connectivity index (χ3n) is 13.4. The zero-order valence-electron chi connectivity index (χ0n) is 39.5. The van der Waals surface area contributed by atoms with Crippen molar-refractivity contribution in [2.24, 2.45) is 0 Å². The number of ether oxygens (including phenoxy) is 7. The number of carbonyl (C=O) groups excluding carboxylic acids is 2. The number of amides is 1. The molecule has 13 nitrogen and oxygen atoms in total. The summed E-state index contributed by atoms with van der Waals surface area (Å²) in [7, 11) is 1.01. The van der Waals surface area contributed by atoms with Crippen LogP contribution in [0, 0.1) is 0 Å². The van der Waals surface area contributed by atoms with Crippen LogP contribution in [0.1, 0.15) is 64.0 Å². The zero-order chi connectivity index (χ0) is 46.8. The minimum absolute atomic E-state index is 0.0138. The van der Waals surface area contributed by atoms with Crippen molar-refractivity contribution in [1.29, 1.82) is 0 Å². The van der Waals surface area contributed by atoms with Crippen LogP contribution in [0.15, 0.2) is 85.6 Å². The van der Waals surface area contributed by atoms with E-state index in [9.17, 15) is 4.79 Å². The lowest BCUT2D eigenvalue weighted by Gasteiger charge is -2.52. The molecule has 5 aromatic rings. The predicted molar refractivity (Wildman–Crippen MR) is 258 cm³/mol. The number of nitrogens with zero attached hydrogens (tertiary/aromatic N) is 2. The second kappa shape index (κ2) is 19.9. The van der Waals surface area contributed by atoms with Crippen molar-refractivity contribution in [3.63, 3.8) is 0 Å². The average Bonchev–Trinajstić information content (AvgIpc) is 3.65. The molecule has 8 atom stereocenters. The summed E-state index contributed by atoms with van der Waals surface area (Å²) in [5.41, 5.74) is 2.62. The quantitative estimate of drug-likeness (QED) is 0.0572. The first-order valence-electron chi connectivity index (χ1n) is 22.3. The normalized spacial score (nSPS) is 25.3. The molecule has 0 saturated carbocycles. The number of nitrogens with one attached hydrogen (secondary N) is 1. The molecule has 2 aliphatic heterocycles. The molecule has 3 aromatic carbocycles. The van der Waals surface area contributed by atoms with Crippen LogP contribution in [0.4, 0.5) is 4.79 Å². The number of aromatic amines is 1. The van der Waals surface area contributed by atoms with E-state index in [1.54, 1.807) is 25.3 Å². The van der Waals surface area contributed by atoms with Crippen LogP contribution in [0.3, 0.4) is 0 Å². The molecule has 0 unspecified atom stereocenters. The molecule has 0 aliphatic carbocycles. The van der Waals surface area contributed by atoms with Crippen LogP contribution in [0.2, 0.25) is 18.1 Å². The van der Waals surface area contributed by atoms with Gasteiger partial charge in [0.2, 0.25) is 14.1 Å². The highest BCUT2D eigenvalue weighted by Gasteiger charge is 2.62. The Kier molecular flexibility index (Phi) is 14.9. The number of ketones is 1. The molecule has 2 aromatic heterocycles. The van der Waals surface area contributed by atoms with Crippen molar-refractivity contribution < 1.29 is 47.2 Å². The molecule has 0 spiro atoms. The number of aromatic nitrogens is 2. The molecular formula is C50H65N3O10SSi. The summed E-state index contributed by atoms with van der Waals surface area (Å²) >= 11 is 1.34. The fourth-order valence-electron chi connectivity index (χ4n) is 8.86. The van der Waals surface area contributed by atoms with Crippen LogP contribution in [-0.4, -0.2) is 123 Å². The third kappa shape index (κ3) is 9.62. The van der Waals surface area contributed by atoms with Gasteiger partial charge in [-0.25, -0.2) is 4.79 Å². The van der Waals surface area contributed by atoms with Crippen LogP contribution >= 0.6 is 11.8 Å². The molecule has 350 valence electrons. The number of methoxy groups -OCH3 is 2. The van der Waals surface area contributed by atoms with Gasteiger partial charge >= 0.3 is 6.09 Å². The van der Waals surface area contributed by atoms with Gasteiger partial charge in [0, 0.05) is 49.2 Å². The zero-order valence-corrected chi connectivity index (χ0v) is 41.4. The number of benzene rings is 3. The second-order valence-corrected chi connectivity index (χ2v) is 24.5. The highest BCUT2D eigenvalue weighted by atomic mass is 32.2. The SMILES string of the molecule is C=CCOC(=O)N(C(C)C)[C@H]1CO[C@@H](O[C@H]2[C@@H](OC)O[C@H](C)[C@@](SC)(C(=O)c3nccc4c3[nH]c3ccc(O[Si](C)(C)C(C)(C)C)cc34)[C@@H]2OCc2ccc3ccccc3c2)C[C@@H]1OC. The summed E-state index contributed by atoms with van der Waals surface area (Å²) < 4.78 is 49.9. The van der Waals surface area contributed by atoms with Crippen molar-refractivity contribution >= 4 is 64.5 Å². The first-order valence-corrected chi connectivity index (χ1v) is 26.4. The van der Waals surface area contributed by atoms with E-state index >= 15 is 4.79 Å². The van der Waals surface area contributed by atoms with E-state index in [0.29, 0.717) is 5.52 Å². The van der Waals surface area contributed by atoms with Crippen LogP contribution in [0.25, 0.3) is 32.6 Å². The van der Waals surface area contributed by atoms with Crippen molar-refractivity contribution in [3.05, 3.63) is 96.8 Å². The Morgan fingerprint density at radius 2 is 1.80 bits per heavy atom. The van der Waals surface area contributed by atoms with Crippen molar-refractivity contribution in [2.45, 2.75) is 127 Å². The molecular weight excluding hydrogens is 863 g/mol. The molecule has 7 rings (SSSR count). The molecule has 1 N–H and O–H groups in total. The first kappa shape index (κ1) is 48.6. The van der Waals surface area contributed by atoms with Crippen molar-refractivity contribution in [2.75, 3.05) is 33.7 Å². The Labute approximate surface area is 387 Å². The summed E-state index contributed by atoms with van der Waals surface area (Å²) in [5.74, 6) is 0.498. The third-order valence-corrected chi connectivity index (χ3v) is 19.1. The number of pyridine rings is 1. The lowest BCUT2D eigenvalue weighted by Crippen LogP contribution is -2.69. The van der Waals surface area contributed by atoms with Gasteiger partial charge in [0.1, 0.15) is 35.0 Å². The first-order chi connectivity index (χ1) is 31.0. The summed E-state index contributed by atoms with van der Waals surface area (Å²) in [6, 6.07) is 21.6. The lowest BCUT2D eigenvalue weighted by molar-refractivity contribution is -0.323. The van der Waals surface area contributed by atoms with Crippen molar-refractivity contribution in [1.82, 2.24) is 14.9 Å². The number of hydrogen-bond donors (Lipinski definition) is 1. The van der Waals surface area contributed by atoms with Gasteiger partial charge < -0.3 is 42.6 Å². The highest BCUT2D eigenvalue weighted by Crippen LogP contribution is 2.47. The van der Waals surface area contributed by atoms with Crippen LogP contribution in [-0.2, 0) is 39.8 Å². The molecule has 4 heterocycles. The largest absolute Gasteiger partial charge is 0.543 e. The van der Waals surface area contributed by atoms with Crippen LogP contribution < -0.4 is 4.43 Å². The highest BCUT2D eigenvalue weighted by molar-refractivity contribution is 8.00. The molecule has 15 heteroatoms. The van der Waals surface area contributed by atoms with Gasteiger partial charge in [0.15, 0.2) is 12.6 Å². The van der Waals surface area contributed by atoms with E-state index < -0.39 is 62.2 Å². The molecule has 65 heavy (non-hydrogen) atoms. The van der Waals surface area contributed by atoms with Gasteiger partial charge in [-0.2, -0.15) is 0 Å². The smallest absolute Gasteiger partial charge is 0.410 e. The number of hydrogen-bond acceptors (Lipinski definition) is 12. The topological polar surface area (TPSA) is 140 Å². The summed E-state index contributed by atoms with van der Waals surface area (Å²) in [4.78, 5) is 39.0. The minimum Gasteiger partial charge on any atom is -0.543 e. The molecule has 2 aliphatic rings. The molecule has 2 saturated heterocycles. The summed E-state index contributed by atoms with van der Waals surface area (Å²) in [5, 5.41) is 3.95. The lowest BCUT2D eigenvalue weighted by atomic mass is 9.82. The Balaban J connectivity index is 1.27. The Hall–Kier alpha value is -4.32. The maximum Gasteiger partial charge on any atom is 0.410 e. The summed E-state index contributed by atoms with van der Waals surface area (Å²) in [6.07, 6.45) is -0.142. The van der Waals surface area contributed by atoms with Gasteiger partial charge in [-0.05, 0) is 91.8 Å². The number of thioether (sulfide) groups is 1. The number of fused-ring (bicyclic) bond motifs is 4. The Morgan fingerprint density at radius 1 is 1.05 bits per heavy atom. The standard InChI is InChI=1S/C50H65N3O10SSi/c1-13-24-58-48(55)53(30(2)3)39-29-59-41(27-40(39)56-8)62-44-46(60-28-32-18-19-33-16-14-15-17-34(33)25-32)50(64-10,31(4)61-47(44)57-9)45(54)43-42-36(22-23-51-43)37-26-35(20-21-38(37)52-42)63-65(11,12)49(5,6)7/h13-23,25-26,30-31,39-41,44,46-47,52H,1,24,27-29H2,2-12H3/t31-,39+,40+,41+,44-,46-,47+,50-/m1/s1. The van der Waals surface area contributed by atoms with E-state index in [2.05, 4.69) is 75.8 Å². The Morgan fingerprint density at radius 3 is 2.48 bits per heavy atom. The van der Waals surface area contributed by atoms with E-state index in [-0.39, 0.29) is 48.8 Å². The summed E-state index contributed by atoms with van der Waals surface area (Å²) in [6.45, 7) is 20.8. The van der Waals surface area contributed by atoms with Gasteiger partial charge in [-0.3, -0.25) is 14.7 Å². The second-order valence-electron chi connectivity index (χ2n) is 18.7. The molecule has 0 bridgehead atoms. The number of carbonyl (C=O) groups is 2. The maximum atomic E-state index is 15.8. The van der Waals surface area contributed by atoms with E-state index in [1.165, 1.54) is 17.8 Å². The van der Waals surface area contributed by atoms with E-state index in [0.717, 1.165) is 38.4 Å².